The van der Waals surface area contributed by atoms with Gasteiger partial charge in [-0.1, -0.05) is 78.9 Å². The van der Waals surface area contributed by atoms with Gasteiger partial charge < -0.3 is 15.0 Å². The molecule has 0 saturated carbocycles. The van der Waals surface area contributed by atoms with E-state index in [4.69, 9.17) is 4.74 Å². The number of carbonyl (C=O) groups is 2. The van der Waals surface area contributed by atoms with E-state index in [1.54, 1.807) is 4.90 Å². The van der Waals surface area contributed by atoms with Crippen LogP contribution >= 0.6 is 0 Å². The third-order valence-corrected chi connectivity index (χ3v) is 5.44. The van der Waals surface area contributed by atoms with Gasteiger partial charge in [-0.3, -0.25) is 9.59 Å². The first-order chi connectivity index (χ1) is 16.5. The highest BCUT2D eigenvalue weighted by Crippen LogP contribution is 2.17. The van der Waals surface area contributed by atoms with Crippen molar-refractivity contribution in [3.63, 3.8) is 0 Å². The monoisotopic (exact) mass is 458 g/mol. The zero-order valence-corrected chi connectivity index (χ0v) is 20.0. The number of nitrogens with one attached hydrogen (secondary N) is 1. The number of ether oxygens (including phenoxy) is 1. The second-order valence-corrected chi connectivity index (χ2v) is 8.64. The molecule has 0 aromatic heterocycles. The molecule has 0 aliphatic heterocycles. The van der Waals surface area contributed by atoms with E-state index in [9.17, 15) is 9.59 Å². The third kappa shape index (κ3) is 8.07. The van der Waals surface area contributed by atoms with Crippen molar-refractivity contribution < 1.29 is 14.3 Å². The Bertz CT molecular complexity index is 1010. The molecule has 34 heavy (non-hydrogen) atoms. The summed E-state index contributed by atoms with van der Waals surface area (Å²) in [6.07, 6.45) is 1.33. The molecule has 0 radical (unpaired) electrons. The molecule has 178 valence electrons. The van der Waals surface area contributed by atoms with Crippen LogP contribution in [0.5, 0.6) is 5.75 Å². The molecule has 0 saturated heterocycles. The smallest absolute Gasteiger partial charge is 0.243 e. The van der Waals surface area contributed by atoms with Gasteiger partial charge in [-0.05, 0) is 43.5 Å². The summed E-state index contributed by atoms with van der Waals surface area (Å²) < 4.78 is 5.76. The molecule has 5 heteroatoms. The first-order valence-corrected chi connectivity index (χ1v) is 11.9. The van der Waals surface area contributed by atoms with Crippen LogP contribution in [0.15, 0.2) is 91.0 Å². The fourth-order valence-corrected chi connectivity index (χ4v) is 3.79. The van der Waals surface area contributed by atoms with Crippen LogP contribution in [0.2, 0.25) is 0 Å². The Balaban J connectivity index is 1.76. The lowest BCUT2D eigenvalue weighted by Crippen LogP contribution is -2.51. The van der Waals surface area contributed by atoms with Crippen LogP contribution in [0.4, 0.5) is 0 Å². The standard InChI is InChI=1S/C29H34N2O3/c1-23(2)30-29(33)27(21-24-13-6-3-7-14-24)31(22-25-15-8-4-9-16-25)28(32)19-12-20-34-26-17-10-5-11-18-26/h3-11,13-18,23,27H,12,19-22H2,1-2H3,(H,30,33)/t27-/m1/s1. The van der Waals surface area contributed by atoms with Gasteiger partial charge in [-0.2, -0.15) is 0 Å². The summed E-state index contributed by atoms with van der Waals surface area (Å²) in [5.41, 5.74) is 2.01. The van der Waals surface area contributed by atoms with Gasteiger partial charge in [0.25, 0.3) is 0 Å². The fourth-order valence-electron chi connectivity index (χ4n) is 3.79. The van der Waals surface area contributed by atoms with E-state index in [-0.39, 0.29) is 17.9 Å². The van der Waals surface area contributed by atoms with Crippen LogP contribution in [-0.4, -0.2) is 35.4 Å². The van der Waals surface area contributed by atoms with E-state index in [0.717, 1.165) is 16.9 Å². The normalized spacial score (nSPS) is 11.6. The van der Waals surface area contributed by atoms with Gasteiger partial charge in [0, 0.05) is 25.4 Å². The summed E-state index contributed by atoms with van der Waals surface area (Å²) in [4.78, 5) is 28.5. The van der Waals surface area contributed by atoms with Crippen molar-refractivity contribution in [3.8, 4) is 5.75 Å². The molecule has 0 bridgehead atoms. The quantitative estimate of drug-likeness (QED) is 0.388. The van der Waals surface area contributed by atoms with Crippen LogP contribution in [0, 0.1) is 0 Å². The Kier molecular flexibility index (Phi) is 9.71. The van der Waals surface area contributed by atoms with Crippen molar-refractivity contribution in [1.29, 1.82) is 0 Å². The zero-order chi connectivity index (χ0) is 24.2. The van der Waals surface area contributed by atoms with Gasteiger partial charge in [0.1, 0.15) is 11.8 Å². The predicted octanol–water partition coefficient (Wildman–Crippen LogP) is 5.01. The first-order valence-electron chi connectivity index (χ1n) is 11.9. The SMILES string of the molecule is CC(C)NC(=O)[C@@H](Cc1ccccc1)N(Cc1ccccc1)C(=O)CCCOc1ccccc1. The second kappa shape index (κ2) is 13.2. The highest BCUT2D eigenvalue weighted by molar-refractivity contribution is 5.88. The zero-order valence-electron chi connectivity index (χ0n) is 20.0. The Morgan fingerprint density at radius 1 is 0.824 bits per heavy atom. The Morgan fingerprint density at radius 3 is 1.97 bits per heavy atom. The van der Waals surface area contributed by atoms with E-state index in [1.807, 2.05) is 105 Å². The van der Waals surface area contributed by atoms with Crippen LogP contribution in [-0.2, 0) is 22.6 Å². The van der Waals surface area contributed by atoms with Crippen LogP contribution < -0.4 is 10.1 Å². The minimum absolute atomic E-state index is 0.0151. The number of hydrogen-bond acceptors (Lipinski definition) is 3. The topological polar surface area (TPSA) is 58.6 Å². The number of rotatable bonds is 12. The second-order valence-electron chi connectivity index (χ2n) is 8.64. The molecular formula is C29H34N2O3. The Morgan fingerprint density at radius 2 is 1.38 bits per heavy atom. The molecule has 0 aliphatic rings. The molecule has 3 aromatic rings. The Labute approximate surface area is 202 Å². The molecule has 3 rings (SSSR count). The van der Waals surface area contributed by atoms with E-state index in [1.165, 1.54) is 0 Å². The van der Waals surface area contributed by atoms with E-state index in [0.29, 0.717) is 32.4 Å². The number of amides is 2. The Hall–Kier alpha value is -3.60. The van der Waals surface area contributed by atoms with Gasteiger partial charge in [0.15, 0.2) is 0 Å². The lowest BCUT2D eigenvalue weighted by atomic mass is 10.0. The fraction of sp³-hybridized carbons (Fsp3) is 0.310. The van der Waals surface area contributed by atoms with E-state index in [2.05, 4.69) is 5.32 Å². The predicted molar refractivity (Wildman–Crippen MR) is 135 cm³/mol. The summed E-state index contributed by atoms with van der Waals surface area (Å²) in [6, 6.07) is 28.6. The van der Waals surface area contributed by atoms with E-state index < -0.39 is 6.04 Å². The minimum Gasteiger partial charge on any atom is -0.494 e. The van der Waals surface area contributed by atoms with Crippen molar-refractivity contribution >= 4 is 11.8 Å². The molecule has 0 unspecified atom stereocenters. The molecule has 2 amide bonds. The van der Waals surface area contributed by atoms with E-state index >= 15 is 0 Å². The molecular weight excluding hydrogens is 424 g/mol. The largest absolute Gasteiger partial charge is 0.494 e. The average molecular weight is 459 g/mol. The highest BCUT2D eigenvalue weighted by Gasteiger charge is 2.30. The number of nitrogens with zero attached hydrogens (tertiary/aromatic N) is 1. The number of benzene rings is 3. The number of carbonyl (C=O) groups excluding carboxylic acids is 2. The highest BCUT2D eigenvalue weighted by atomic mass is 16.5. The van der Waals surface area contributed by atoms with Gasteiger partial charge in [-0.25, -0.2) is 0 Å². The van der Waals surface area contributed by atoms with Crippen LogP contribution in [0.3, 0.4) is 0 Å². The molecule has 1 atom stereocenters. The van der Waals surface area contributed by atoms with Crippen molar-refractivity contribution in [2.45, 2.75) is 51.7 Å². The molecule has 3 aromatic carbocycles. The maximum atomic E-state index is 13.5. The van der Waals surface area contributed by atoms with Gasteiger partial charge in [0.05, 0.1) is 6.61 Å². The maximum Gasteiger partial charge on any atom is 0.243 e. The average Bonchev–Trinajstić information content (AvgIpc) is 2.85. The molecule has 0 fully saturated rings. The molecule has 1 N–H and O–H groups in total. The van der Waals surface area contributed by atoms with Gasteiger partial charge in [0.2, 0.25) is 11.8 Å². The maximum absolute atomic E-state index is 13.5. The molecule has 0 spiro atoms. The lowest BCUT2D eigenvalue weighted by Gasteiger charge is -2.32. The number of hydrogen-bond donors (Lipinski definition) is 1. The van der Waals surface area contributed by atoms with Crippen LogP contribution in [0.25, 0.3) is 0 Å². The summed E-state index contributed by atoms with van der Waals surface area (Å²) >= 11 is 0. The van der Waals surface area contributed by atoms with Crippen molar-refractivity contribution in [2.24, 2.45) is 0 Å². The van der Waals surface area contributed by atoms with Gasteiger partial charge in [-0.15, -0.1) is 0 Å². The third-order valence-electron chi connectivity index (χ3n) is 5.44. The summed E-state index contributed by atoms with van der Waals surface area (Å²) in [5.74, 6) is 0.596. The molecule has 0 aliphatic carbocycles. The van der Waals surface area contributed by atoms with Gasteiger partial charge >= 0.3 is 0 Å². The van der Waals surface area contributed by atoms with Crippen molar-refractivity contribution in [3.05, 3.63) is 102 Å². The van der Waals surface area contributed by atoms with Crippen molar-refractivity contribution in [1.82, 2.24) is 10.2 Å². The van der Waals surface area contributed by atoms with Crippen LogP contribution in [0.1, 0.15) is 37.8 Å². The molecule has 0 heterocycles. The van der Waals surface area contributed by atoms with Crippen molar-refractivity contribution in [2.75, 3.05) is 6.61 Å². The minimum atomic E-state index is -0.604. The number of para-hydroxylation sites is 1. The lowest BCUT2D eigenvalue weighted by molar-refractivity contribution is -0.141. The summed E-state index contributed by atoms with van der Waals surface area (Å²) in [6.45, 7) is 4.68. The first kappa shape index (κ1) is 25.0. The summed E-state index contributed by atoms with van der Waals surface area (Å²) in [5, 5.41) is 3.02. The molecule has 5 nitrogen and oxygen atoms in total. The summed E-state index contributed by atoms with van der Waals surface area (Å²) in [7, 11) is 0.